The Morgan fingerprint density at radius 1 is 1.00 bits per heavy atom. The summed E-state index contributed by atoms with van der Waals surface area (Å²) < 4.78 is 58.9. The quantitative estimate of drug-likeness (QED) is 0.832. The molecule has 0 N–H and O–H groups in total. The molecule has 8 heteroatoms. The van der Waals surface area contributed by atoms with Gasteiger partial charge >= 0.3 is 0 Å². The van der Waals surface area contributed by atoms with Crippen LogP contribution >= 0.6 is 0 Å². The molecule has 25 heavy (non-hydrogen) atoms. The molecule has 134 valence electrons. The number of anilines is 1. The molecule has 2 aromatic rings. The fourth-order valence-corrected chi connectivity index (χ4v) is 4.37. The van der Waals surface area contributed by atoms with Crippen molar-refractivity contribution in [1.29, 1.82) is 0 Å². The maximum Gasteiger partial charge on any atom is 0.246 e. The normalized spacial score (nSPS) is 16.0. The molecular formula is C17H18F2N2O3S. The number of hydrogen-bond acceptors (Lipinski definition) is 4. The zero-order valence-corrected chi connectivity index (χ0v) is 14.5. The second-order valence-electron chi connectivity index (χ2n) is 5.64. The molecular weight excluding hydrogens is 350 g/mol. The van der Waals surface area contributed by atoms with Crippen LogP contribution in [0.4, 0.5) is 14.5 Å². The van der Waals surface area contributed by atoms with Crippen molar-refractivity contribution in [2.45, 2.75) is 4.90 Å². The van der Waals surface area contributed by atoms with Gasteiger partial charge in [0, 0.05) is 26.2 Å². The minimum atomic E-state index is -4.08. The highest BCUT2D eigenvalue weighted by Gasteiger charge is 2.31. The van der Waals surface area contributed by atoms with Crippen LogP contribution in [-0.4, -0.2) is 46.0 Å². The fraction of sp³-hybridized carbons (Fsp3) is 0.294. The maximum atomic E-state index is 13.9. The van der Waals surface area contributed by atoms with Crippen molar-refractivity contribution in [2.75, 3.05) is 38.2 Å². The van der Waals surface area contributed by atoms with Gasteiger partial charge in [-0.2, -0.15) is 4.31 Å². The van der Waals surface area contributed by atoms with E-state index in [0.29, 0.717) is 18.8 Å². The number of halogens is 2. The van der Waals surface area contributed by atoms with E-state index in [4.69, 9.17) is 4.74 Å². The van der Waals surface area contributed by atoms with Crippen LogP contribution in [-0.2, 0) is 10.0 Å². The summed E-state index contributed by atoms with van der Waals surface area (Å²) in [6.45, 7) is 1.21. The second kappa shape index (κ2) is 6.97. The molecule has 0 aliphatic carbocycles. The van der Waals surface area contributed by atoms with E-state index in [2.05, 4.69) is 0 Å². The van der Waals surface area contributed by atoms with Gasteiger partial charge in [-0.1, -0.05) is 12.1 Å². The van der Waals surface area contributed by atoms with Crippen LogP contribution in [0.3, 0.4) is 0 Å². The first-order valence-electron chi connectivity index (χ1n) is 7.76. The van der Waals surface area contributed by atoms with Gasteiger partial charge in [-0.3, -0.25) is 0 Å². The molecule has 0 amide bonds. The molecule has 2 aromatic carbocycles. The summed E-state index contributed by atoms with van der Waals surface area (Å²) in [7, 11) is -2.50. The molecule has 3 rings (SSSR count). The van der Waals surface area contributed by atoms with Gasteiger partial charge in [0.25, 0.3) is 0 Å². The third kappa shape index (κ3) is 3.45. The highest BCUT2D eigenvalue weighted by molar-refractivity contribution is 7.89. The summed E-state index contributed by atoms with van der Waals surface area (Å²) in [4.78, 5) is 1.38. The van der Waals surface area contributed by atoms with E-state index < -0.39 is 26.6 Å². The lowest BCUT2D eigenvalue weighted by Crippen LogP contribution is -2.48. The highest BCUT2D eigenvalue weighted by atomic mass is 32.2. The molecule has 0 radical (unpaired) electrons. The topological polar surface area (TPSA) is 49.9 Å². The Morgan fingerprint density at radius 3 is 2.36 bits per heavy atom. The van der Waals surface area contributed by atoms with Gasteiger partial charge in [-0.05, 0) is 30.3 Å². The van der Waals surface area contributed by atoms with Crippen molar-refractivity contribution in [2.24, 2.45) is 0 Å². The van der Waals surface area contributed by atoms with Gasteiger partial charge in [0.05, 0.1) is 12.8 Å². The molecule has 1 aliphatic rings. The van der Waals surface area contributed by atoms with E-state index in [9.17, 15) is 17.2 Å². The number of methoxy groups -OCH3 is 1. The summed E-state index contributed by atoms with van der Waals surface area (Å²) >= 11 is 0. The smallest absolute Gasteiger partial charge is 0.246 e. The first-order valence-corrected chi connectivity index (χ1v) is 9.20. The van der Waals surface area contributed by atoms with Crippen LogP contribution < -0.4 is 9.64 Å². The third-order valence-corrected chi connectivity index (χ3v) is 6.09. The number of piperazine rings is 1. The number of ether oxygens (including phenoxy) is 1. The average Bonchev–Trinajstić information content (AvgIpc) is 2.63. The number of para-hydroxylation sites is 2. The van der Waals surface area contributed by atoms with Crippen LogP contribution in [0.2, 0.25) is 0 Å². The molecule has 1 aliphatic heterocycles. The molecule has 5 nitrogen and oxygen atoms in total. The Balaban J connectivity index is 1.79. The molecule has 0 unspecified atom stereocenters. The molecule has 1 heterocycles. The maximum absolute atomic E-state index is 13.9. The Hall–Kier alpha value is -2.19. The number of hydrogen-bond donors (Lipinski definition) is 0. The van der Waals surface area contributed by atoms with Gasteiger partial charge in [-0.15, -0.1) is 0 Å². The molecule has 0 bridgehead atoms. The van der Waals surface area contributed by atoms with E-state index >= 15 is 0 Å². The lowest BCUT2D eigenvalue weighted by atomic mass is 10.2. The van der Waals surface area contributed by atoms with E-state index in [1.165, 1.54) is 4.31 Å². The Bertz CT molecular complexity index is 866. The van der Waals surface area contributed by atoms with E-state index in [-0.39, 0.29) is 13.1 Å². The van der Waals surface area contributed by atoms with Crippen molar-refractivity contribution >= 4 is 15.7 Å². The summed E-state index contributed by atoms with van der Waals surface area (Å²) in [5, 5.41) is 0. The highest BCUT2D eigenvalue weighted by Crippen LogP contribution is 2.29. The summed E-state index contributed by atoms with van der Waals surface area (Å²) in [5.74, 6) is -1.03. The van der Waals surface area contributed by atoms with Gasteiger partial charge in [0.1, 0.15) is 22.3 Å². The molecule has 1 saturated heterocycles. The third-order valence-electron chi connectivity index (χ3n) is 4.18. The molecule has 1 fully saturated rings. The Labute approximate surface area is 145 Å². The molecule has 0 atom stereocenters. The van der Waals surface area contributed by atoms with Crippen molar-refractivity contribution in [1.82, 2.24) is 4.31 Å². The summed E-state index contributed by atoms with van der Waals surface area (Å²) in [5.41, 5.74) is 0.874. The van der Waals surface area contributed by atoms with Crippen molar-refractivity contribution < 1.29 is 21.9 Å². The standard InChI is InChI=1S/C17H18F2N2O3S/c1-24-16-5-3-2-4-15(16)20-8-10-21(11-9-20)25(22,23)17-12-13(18)6-7-14(17)19/h2-7,12H,8-11H2,1H3. The van der Waals surface area contributed by atoms with Crippen molar-refractivity contribution in [3.63, 3.8) is 0 Å². The van der Waals surface area contributed by atoms with Gasteiger partial charge in [0.2, 0.25) is 10.0 Å². The first kappa shape index (κ1) is 17.6. The first-order chi connectivity index (χ1) is 11.9. The zero-order chi connectivity index (χ0) is 18.0. The van der Waals surface area contributed by atoms with Crippen molar-refractivity contribution in [3.05, 3.63) is 54.1 Å². The van der Waals surface area contributed by atoms with Crippen LogP contribution in [0.5, 0.6) is 5.75 Å². The largest absolute Gasteiger partial charge is 0.495 e. The Morgan fingerprint density at radius 2 is 1.68 bits per heavy atom. The van der Waals surface area contributed by atoms with Crippen LogP contribution in [0, 0.1) is 11.6 Å². The molecule has 0 spiro atoms. The van der Waals surface area contributed by atoms with Crippen LogP contribution in [0.15, 0.2) is 47.4 Å². The molecule has 0 aromatic heterocycles. The Kier molecular flexibility index (Phi) is 4.91. The predicted octanol–water partition coefficient (Wildman–Crippen LogP) is 2.48. The van der Waals surface area contributed by atoms with E-state index in [1.54, 1.807) is 7.11 Å². The minimum Gasteiger partial charge on any atom is -0.495 e. The second-order valence-corrected chi connectivity index (χ2v) is 7.54. The number of benzene rings is 2. The predicted molar refractivity (Wildman–Crippen MR) is 90.3 cm³/mol. The average molecular weight is 368 g/mol. The number of rotatable bonds is 4. The molecule has 0 saturated carbocycles. The van der Waals surface area contributed by atoms with E-state index in [0.717, 1.165) is 23.9 Å². The van der Waals surface area contributed by atoms with Crippen molar-refractivity contribution in [3.8, 4) is 5.75 Å². The van der Waals surface area contributed by atoms with Gasteiger partial charge in [-0.25, -0.2) is 17.2 Å². The SMILES string of the molecule is COc1ccccc1N1CCN(S(=O)(=O)c2cc(F)ccc2F)CC1. The summed E-state index contributed by atoms with van der Waals surface area (Å²) in [6, 6.07) is 9.91. The summed E-state index contributed by atoms with van der Waals surface area (Å²) in [6.07, 6.45) is 0. The monoisotopic (exact) mass is 368 g/mol. The van der Waals surface area contributed by atoms with Crippen LogP contribution in [0.25, 0.3) is 0 Å². The fourth-order valence-electron chi connectivity index (χ4n) is 2.87. The van der Waals surface area contributed by atoms with Gasteiger partial charge in [0.15, 0.2) is 0 Å². The van der Waals surface area contributed by atoms with Crippen LogP contribution in [0.1, 0.15) is 0 Å². The van der Waals surface area contributed by atoms with Gasteiger partial charge < -0.3 is 9.64 Å². The van der Waals surface area contributed by atoms with E-state index in [1.807, 2.05) is 29.2 Å². The zero-order valence-electron chi connectivity index (χ0n) is 13.7. The number of sulfonamides is 1. The lowest BCUT2D eigenvalue weighted by molar-refractivity contribution is 0.376. The lowest BCUT2D eigenvalue weighted by Gasteiger charge is -2.35. The minimum absolute atomic E-state index is 0.177. The number of nitrogens with zero attached hydrogens (tertiary/aromatic N) is 2.